The number of nitrogens with one attached hydrogen (secondary N) is 1. The summed E-state index contributed by atoms with van der Waals surface area (Å²) in [5.41, 5.74) is 2.43. The maximum absolute atomic E-state index is 11.7. The summed E-state index contributed by atoms with van der Waals surface area (Å²) in [4.78, 5) is 17.1. The molecule has 0 radical (unpaired) electrons. The molecule has 1 aliphatic heterocycles. The molecule has 1 amide bonds. The van der Waals surface area contributed by atoms with Crippen molar-refractivity contribution in [3.8, 4) is 0 Å². The van der Waals surface area contributed by atoms with Crippen molar-refractivity contribution in [3.63, 3.8) is 0 Å². The lowest BCUT2D eigenvalue weighted by atomic mass is 10.2. The molecular weight excluding hydrogens is 290 g/mol. The summed E-state index contributed by atoms with van der Waals surface area (Å²) in [7, 11) is 4.09. The van der Waals surface area contributed by atoms with E-state index in [9.17, 15) is 4.79 Å². The molecule has 2 rings (SSSR count). The molecule has 1 aromatic rings. The van der Waals surface area contributed by atoms with Crippen LogP contribution in [-0.4, -0.2) is 64.4 Å². The normalized spacial score (nSPS) is 15.9. The van der Waals surface area contributed by atoms with Crippen LogP contribution in [0.15, 0.2) is 30.3 Å². The van der Waals surface area contributed by atoms with Crippen molar-refractivity contribution < 1.29 is 14.4 Å². The lowest BCUT2D eigenvalue weighted by molar-refractivity contribution is -0.898. The van der Waals surface area contributed by atoms with E-state index in [2.05, 4.69) is 41.3 Å². The van der Waals surface area contributed by atoms with Crippen LogP contribution in [0, 0.1) is 0 Å². The zero-order valence-electron chi connectivity index (χ0n) is 14.4. The zero-order valence-corrected chi connectivity index (χ0v) is 14.4. The number of hydrogen-bond acceptors (Lipinski definition) is 3. The summed E-state index contributed by atoms with van der Waals surface area (Å²) in [6, 6.07) is 8.54. The van der Waals surface area contributed by atoms with Gasteiger partial charge in [0.1, 0.15) is 0 Å². The van der Waals surface area contributed by atoms with E-state index in [4.69, 9.17) is 4.74 Å². The Labute approximate surface area is 139 Å². The number of nitrogens with zero attached hydrogens (tertiary/aromatic N) is 2. The topological polar surface area (TPSA) is 37.2 Å². The smallest absolute Gasteiger partial charge is 0.410 e. The highest BCUT2D eigenvalue weighted by Crippen LogP contribution is 2.12. The highest BCUT2D eigenvalue weighted by Gasteiger charge is 2.23. The van der Waals surface area contributed by atoms with Crippen LogP contribution in [-0.2, 0) is 4.74 Å². The van der Waals surface area contributed by atoms with Crippen LogP contribution in [0.2, 0.25) is 0 Å². The van der Waals surface area contributed by atoms with Crippen molar-refractivity contribution in [3.05, 3.63) is 35.9 Å². The first-order chi connectivity index (χ1) is 11.1. The van der Waals surface area contributed by atoms with Crippen LogP contribution in [0.4, 0.5) is 10.5 Å². The molecule has 0 aliphatic carbocycles. The highest BCUT2D eigenvalue weighted by atomic mass is 16.6. The lowest BCUT2D eigenvalue weighted by Crippen LogP contribution is -3.14. The number of quaternary nitrogens is 1. The third-order valence-corrected chi connectivity index (χ3v) is 4.12. The molecule has 1 aromatic carbocycles. The van der Waals surface area contributed by atoms with Crippen molar-refractivity contribution in [1.82, 2.24) is 4.90 Å². The Balaban J connectivity index is 1.75. The maximum Gasteiger partial charge on any atom is 0.410 e. The van der Waals surface area contributed by atoms with Crippen LogP contribution >= 0.6 is 0 Å². The van der Waals surface area contributed by atoms with Crippen molar-refractivity contribution in [2.24, 2.45) is 0 Å². The SMILES string of the molecule is CCOC(=O)N1CC[NH+](C/C=C/c2ccc(N(C)C)cc2)CC1. The van der Waals surface area contributed by atoms with Gasteiger partial charge in [-0.05, 0) is 30.7 Å². The number of hydrogen-bond donors (Lipinski definition) is 1. The molecule has 5 heteroatoms. The van der Waals surface area contributed by atoms with Crippen molar-refractivity contribution in [1.29, 1.82) is 0 Å². The highest BCUT2D eigenvalue weighted by molar-refractivity contribution is 5.67. The molecule has 1 aliphatic rings. The zero-order chi connectivity index (χ0) is 16.7. The Bertz CT molecular complexity index is 518. The molecule has 1 saturated heterocycles. The average Bonchev–Trinajstić information content (AvgIpc) is 2.56. The molecular formula is C18H28N3O2+. The van der Waals surface area contributed by atoms with Crippen LogP contribution in [0.3, 0.4) is 0 Å². The predicted molar refractivity (Wildman–Crippen MR) is 94.0 cm³/mol. The van der Waals surface area contributed by atoms with Crippen LogP contribution in [0.25, 0.3) is 6.08 Å². The largest absolute Gasteiger partial charge is 0.450 e. The van der Waals surface area contributed by atoms with Gasteiger partial charge < -0.3 is 14.5 Å². The Hall–Kier alpha value is -2.01. The van der Waals surface area contributed by atoms with Crippen LogP contribution < -0.4 is 9.80 Å². The number of benzene rings is 1. The molecule has 1 fully saturated rings. The second-order valence-corrected chi connectivity index (χ2v) is 6.03. The summed E-state index contributed by atoms with van der Waals surface area (Å²) >= 11 is 0. The molecule has 1 heterocycles. The van der Waals surface area contributed by atoms with Crippen LogP contribution in [0.5, 0.6) is 0 Å². The Morgan fingerprint density at radius 3 is 2.48 bits per heavy atom. The summed E-state index contributed by atoms with van der Waals surface area (Å²) in [5, 5.41) is 0. The minimum Gasteiger partial charge on any atom is -0.450 e. The molecule has 0 unspecified atom stereocenters. The van der Waals surface area contributed by atoms with E-state index in [-0.39, 0.29) is 6.09 Å². The van der Waals surface area contributed by atoms with Gasteiger partial charge in [0.25, 0.3) is 0 Å². The van der Waals surface area contributed by atoms with E-state index in [1.54, 1.807) is 4.90 Å². The van der Waals surface area contributed by atoms with Gasteiger partial charge in [-0.1, -0.05) is 18.2 Å². The van der Waals surface area contributed by atoms with Gasteiger partial charge in [0.05, 0.1) is 39.3 Å². The molecule has 23 heavy (non-hydrogen) atoms. The number of carbonyl (C=O) groups is 1. The van der Waals surface area contributed by atoms with Gasteiger partial charge in [0.15, 0.2) is 0 Å². The fourth-order valence-corrected chi connectivity index (χ4v) is 2.67. The molecule has 0 spiro atoms. The molecule has 1 N–H and O–H groups in total. The second kappa shape index (κ2) is 8.58. The fourth-order valence-electron chi connectivity index (χ4n) is 2.67. The summed E-state index contributed by atoms with van der Waals surface area (Å²) in [5.74, 6) is 0. The second-order valence-electron chi connectivity index (χ2n) is 6.03. The summed E-state index contributed by atoms with van der Waals surface area (Å²) in [6.07, 6.45) is 4.22. The van der Waals surface area contributed by atoms with E-state index in [0.717, 1.165) is 32.7 Å². The molecule has 126 valence electrons. The number of piperazine rings is 1. The fraction of sp³-hybridized carbons (Fsp3) is 0.500. The maximum atomic E-state index is 11.7. The van der Waals surface area contributed by atoms with Gasteiger partial charge >= 0.3 is 6.09 Å². The van der Waals surface area contributed by atoms with E-state index in [0.29, 0.717) is 6.61 Å². The number of amides is 1. The quantitative estimate of drug-likeness (QED) is 0.884. The molecule has 5 nitrogen and oxygen atoms in total. The number of anilines is 1. The number of ether oxygens (including phenoxy) is 1. The van der Waals surface area contributed by atoms with Gasteiger partial charge in [0, 0.05) is 19.8 Å². The van der Waals surface area contributed by atoms with Gasteiger partial charge in [-0.2, -0.15) is 0 Å². The minimum atomic E-state index is -0.178. The Kier molecular flexibility index (Phi) is 6.47. The van der Waals surface area contributed by atoms with E-state index in [1.807, 2.05) is 21.0 Å². The summed E-state index contributed by atoms with van der Waals surface area (Å²) in [6.45, 7) is 6.78. The first-order valence-electron chi connectivity index (χ1n) is 8.29. The molecule has 0 bridgehead atoms. The van der Waals surface area contributed by atoms with Gasteiger partial charge in [-0.25, -0.2) is 4.79 Å². The first-order valence-corrected chi connectivity index (χ1v) is 8.29. The number of rotatable bonds is 5. The van der Waals surface area contributed by atoms with E-state index in [1.165, 1.54) is 16.2 Å². The van der Waals surface area contributed by atoms with Gasteiger partial charge in [0.2, 0.25) is 0 Å². The van der Waals surface area contributed by atoms with Gasteiger partial charge in [-0.3, -0.25) is 4.90 Å². The van der Waals surface area contributed by atoms with Crippen molar-refractivity contribution >= 4 is 17.9 Å². The van der Waals surface area contributed by atoms with E-state index < -0.39 is 0 Å². The van der Waals surface area contributed by atoms with Crippen molar-refractivity contribution in [2.45, 2.75) is 6.92 Å². The monoisotopic (exact) mass is 318 g/mol. The summed E-state index contributed by atoms with van der Waals surface area (Å²) < 4.78 is 5.04. The van der Waals surface area contributed by atoms with E-state index >= 15 is 0 Å². The van der Waals surface area contributed by atoms with Crippen molar-refractivity contribution in [2.75, 3.05) is 58.3 Å². The molecule has 0 saturated carbocycles. The van der Waals surface area contributed by atoms with Crippen LogP contribution in [0.1, 0.15) is 12.5 Å². The minimum absolute atomic E-state index is 0.178. The first kappa shape index (κ1) is 17.3. The average molecular weight is 318 g/mol. The third-order valence-electron chi connectivity index (χ3n) is 4.12. The third kappa shape index (κ3) is 5.28. The predicted octanol–water partition coefficient (Wildman–Crippen LogP) is 1.12. The standard InChI is InChI=1S/C18H27N3O2/c1-4-23-18(22)21-14-12-20(13-15-21)11-5-6-16-7-9-17(10-8-16)19(2)3/h5-10H,4,11-15H2,1-3H3/p+1/b6-5+. The number of carbonyl (C=O) groups excluding carboxylic acids is 1. The molecule has 0 aromatic heterocycles. The lowest BCUT2D eigenvalue weighted by Gasteiger charge is -2.30. The Morgan fingerprint density at radius 2 is 1.91 bits per heavy atom. The van der Waals surface area contributed by atoms with Gasteiger partial charge in [-0.15, -0.1) is 0 Å². The Morgan fingerprint density at radius 1 is 1.26 bits per heavy atom. The molecule has 0 atom stereocenters.